The third kappa shape index (κ3) is 4.42. The third-order valence-corrected chi connectivity index (χ3v) is 5.61. The van der Waals surface area contributed by atoms with Crippen LogP contribution in [0.1, 0.15) is 57.1 Å². The van der Waals surface area contributed by atoms with Gasteiger partial charge in [0.15, 0.2) is 0 Å². The van der Waals surface area contributed by atoms with Gasteiger partial charge in [0.1, 0.15) is 0 Å². The van der Waals surface area contributed by atoms with Gasteiger partial charge in [0.05, 0.1) is 19.3 Å². The van der Waals surface area contributed by atoms with E-state index in [1.54, 1.807) is 6.20 Å². The van der Waals surface area contributed by atoms with Crippen molar-refractivity contribution in [2.75, 3.05) is 26.3 Å². The van der Waals surface area contributed by atoms with Crippen LogP contribution in [0.2, 0.25) is 0 Å². The molecule has 3 rings (SSSR count). The fraction of sp³-hybridized carbons (Fsp3) is 0.789. The van der Waals surface area contributed by atoms with E-state index in [1.807, 2.05) is 10.7 Å². The molecule has 6 nitrogen and oxygen atoms in total. The Bertz CT molecular complexity index is 550. The summed E-state index contributed by atoms with van der Waals surface area (Å²) in [6, 6.07) is 2.05. The van der Waals surface area contributed by atoms with Crippen LogP contribution in [0.25, 0.3) is 0 Å². The Morgan fingerprint density at radius 2 is 2.16 bits per heavy atom. The van der Waals surface area contributed by atoms with Gasteiger partial charge in [0.2, 0.25) is 5.91 Å². The van der Waals surface area contributed by atoms with Crippen LogP contribution < -0.4 is 0 Å². The molecule has 2 aliphatic heterocycles. The number of hydrogen-bond acceptors (Lipinski definition) is 4. The van der Waals surface area contributed by atoms with Gasteiger partial charge >= 0.3 is 0 Å². The van der Waals surface area contributed by atoms with E-state index >= 15 is 0 Å². The number of hydrogen-bond donors (Lipinski definition) is 1. The number of piperidine rings is 1. The van der Waals surface area contributed by atoms with Crippen LogP contribution in [0, 0.1) is 5.92 Å². The van der Waals surface area contributed by atoms with Crippen molar-refractivity contribution >= 4 is 5.91 Å². The highest BCUT2D eigenvalue weighted by Gasteiger charge is 2.33. The maximum Gasteiger partial charge on any atom is 0.225 e. The average Bonchev–Trinajstić information content (AvgIpc) is 3.10. The molecule has 0 spiro atoms. The first-order valence-corrected chi connectivity index (χ1v) is 9.75. The number of aliphatic hydroxyl groups is 1. The van der Waals surface area contributed by atoms with Crippen molar-refractivity contribution in [3.05, 3.63) is 18.0 Å². The molecule has 2 atom stereocenters. The molecule has 6 heteroatoms. The lowest BCUT2D eigenvalue weighted by Crippen LogP contribution is -2.44. The molecule has 0 radical (unpaired) electrons. The summed E-state index contributed by atoms with van der Waals surface area (Å²) in [6.45, 7) is 5.18. The van der Waals surface area contributed by atoms with Crippen molar-refractivity contribution in [2.45, 2.75) is 64.0 Å². The fourth-order valence-corrected chi connectivity index (χ4v) is 4.25. The Labute approximate surface area is 150 Å². The van der Waals surface area contributed by atoms with Gasteiger partial charge in [-0.15, -0.1) is 0 Å². The summed E-state index contributed by atoms with van der Waals surface area (Å²) in [5, 5.41) is 13.5. The van der Waals surface area contributed by atoms with Crippen molar-refractivity contribution in [1.82, 2.24) is 14.7 Å². The molecule has 0 aliphatic carbocycles. The minimum Gasteiger partial charge on any atom is -0.394 e. The molecule has 1 aromatic rings. The van der Waals surface area contributed by atoms with E-state index in [-0.39, 0.29) is 18.6 Å². The highest BCUT2D eigenvalue weighted by Crippen LogP contribution is 2.31. The van der Waals surface area contributed by atoms with Crippen LogP contribution in [-0.4, -0.2) is 58.1 Å². The van der Waals surface area contributed by atoms with Crippen LogP contribution >= 0.6 is 0 Å². The van der Waals surface area contributed by atoms with E-state index in [9.17, 15) is 4.79 Å². The van der Waals surface area contributed by atoms with E-state index in [1.165, 1.54) is 5.69 Å². The summed E-state index contributed by atoms with van der Waals surface area (Å²) in [5.74, 6) is 0.897. The standard InChI is InChI=1S/C19H31N3O3/c1-2-3-17-14-16(7-13-25-17)19(24)21-9-5-15(6-10-21)18-4-8-20-22(18)11-12-23/h4,8,15-17,23H,2-3,5-7,9-14H2,1H3/t16-,17+/m0/s1. The lowest BCUT2D eigenvalue weighted by molar-refractivity contribution is -0.142. The van der Waals surface area contributed by atoms with Gasteiger partial charge in [-0.25, -0.2) is 0 Å². The first kappa shape index (κ1) is 18.4. The molecule has 1 N–H and O–H groups in total. The number of rotatable bonds is 6. The number of ether oxygens (including phenoxy) is 1. The molecule has 25 heavy (non-hydrogen) atoms. The Balaban J connectivity index is 1.53. The first-order chi connectivity index (χ1) is 12.2. The van der Waals surface area contributed by atoms with Gasteiger partial charge in [-0.1, -0.05) is 13.3 Å². The predicted octanol–water partition coefficient (Wildman–Crippen LogP) is 2.18. The molecule has 0 bridgehead atoms. The predicted molar refractivity (Wildman–Crippen MR) is 95.2 cm³/mol. The molecular weight excluding hydrogens is 318 g/mol. The zero-order valence-corrected chi connectivity index (χ0v) is 15.3. The Kier molecular flexibility index (Phi) is 6.48. The molecule has 0 saturated carbocycles. The van der Waals surface area contributed by atoms with E-state index in [4.69, 9.17) is 9.84 Å². The highest BCUT2D eigenvalue weighted by atomic mass is 16.5. The number of likely N-dealkylation sites (tertiary alicyclic amines) is 1. The van der Waals surface area contributed by atoms with Crippen molar-refractivity contribution in [2.24, 2.45) is 5.92 Å². The normalized spacial score (nSPS) is 25.3. The molecule has 140 valence electrons. The van der Waals surface area contributed by atoms with Gasteiger partial charge in [-0.3, -0.25) is 9.48 Å². The summed E-state index contributed by atoms with van der Waals surface area (Å²) in [5.41, 5.74) is 1.19. The average molecular weight is 349 g/mol. The quantitative estimate of drug-likeness (QED) is 0.855. The lowest BCUT2D eigenvalue weighted by Gasteiger charge is -2.36. The van der Waals surface area contributed by atoms with Gasteiger partial charge in [0.25, 0.3) is 0 Å². The maximum absolute atomic E-state index is 12.9. The number of carbonyl (C=O) groups excluding carboxylic acids is 1. The largest absolute Gasteiger partial charge is 0.394 e. The number of nitrogens with zero attached hydrogens (tertiary/aromatic N) is 3. The number of aliphatic hydroxyl groups excluding tert-OH is 1. The third-order valence-electron chi connectivity index (χ3n) is 5.61. The second-order valence-electron chi connectivity index (χ2n) is 7.31. The summed E-state index contributed by atoms with van der Waals surface area (Å²) >= 11 is 0. The number of aromatic nitrogens is 2. The summed E-state index contributed by atoms with van der Waals surface area (Å²) < 4.78 is 7.69. The summed E-state index contributed by atoms with van der Waals surface area (Å²) in [6.07, 6.45) is 7.93. The summed E-state index contributed by atoms with van der Waals surface area (Å²) in [4.78, 5) is 14.9. The second kappa shape index (κ2) is 8.81. The summed E-state index contributed by atoms with van der Waals surface area (Å²) in [7, 11) is 0. The Morgan fingerprint density at radius 3 is 2.88 bits per heavy atom. The minimum atomic E-state index is 0.106. The van der Waals surface area contributed by atoms with Crippen LogP contribution in [0.4, 0.5) is 0 Å². The first-order valence-electron chi connectivity index (χ1n) is 9.75. The highest BCUT2D eigenvalue weighted by molar-refractivity contribution is 5.79. The van der Waals surface area contributed by atoms with Crippen LogP contribution in [0.3, 0.4) is 0 Å². The number of carbonyl (C=O) groups is 1. The van der Waals surface area contributed by atoms with Crippen molar-refractivity contribution < 1.29 is 14.6 Å². The van der Waals surface area contributed by atoms with Crippen molar-refractivity contribution in [3.63, 3.8) is 0 Å². The second-order valence-corrected chi connectivity index (χ2v) is 7.31. The molecule has 0 unspecified atom stereocenters. The molecule has 2 aliphatic rings. The molecule has 3 heterocycles. The van der Waals surface area contributed by atoms with E-state index in [0.717, 1.165) is 58.2 Å². The van der Waals surface area contributed by atoms with Crippen LogP contribution in [-0.2, 0) is 16.1 Å². The maximum atomic E-state index is 12.9. The van der Waals surface area contributed by atoms with Gasteiger partial charge in [-0.05, 0) is 38.2 Å². The zero-order valence-electron chi connectivity index (χ0n) is 15.3. The van der Waals surface area contributed by atoms with Gasteiger partial charge in [0, 0.05) is 43.4 Å². The van der Waals surface area contributed by atoms with Crippen LogP contribution in [0.15, 0.2) is 12.3 Å². The molecule has 0 aromatic carbocycles. The van der Waals surface area contributed by atoms with Gasteiger partial charge < -0.3 is 14.7 Å². The SMILES string of the molecule is CCC[C@@H]1C[C@@H](C(=O)N2CCC(c3ccnn3CCO)CC2)CCO1. The monoisotopic (exact) mass is 349 g/mol. The smallest absolute Gasteiger partial charge is 0.225 e. The van der Waals surface area contributed by atoms with Gasteiger partial charge in [-0.2, -0.15) is 5.10 Å². The fourth-order valence-electron chi connectivity index (χ4n) is 4.25. The lowest BCUT2D eigenvalue weighted by atomic mass is 9.89. The minimum absolute atomic E-state index is 0.106. The van der Waals surface area contributed by atoms with E-state index in [2.05, 4.69) is 16.9 Å². The molecule has 1 amide bonds. The van der Waals surface area contributed by atoms with Crippen molar-refractivity contribution in [3.8, 4) is 0 Å². The van der Waals surface area contributed by atoms with Crippen LogP contribution in [0.5, 0.6) is 0 Å². The topological polar surface area (TPSA) is 67.6 Å². The molecule has 2 fully saturated rings. The Morgan fingerprint density at radius 1 is 1.36 bits per heavy atom. The number of amides is 1. The molecule has 2 saturated heterocycles. The van der Waals surface area contributed by atoms with E-state index in [0.29, 0.717) is 18.4 Å². The molecule has 1 aromatic heterocycles. The zero-order chi connectivity index (χ0) is 17.6. The Hall–Kier alpha value is -1.40. The van der Waals surface area contributed by atoms with Crippen molar-refractivity contribution in [1.29, 1.82) is 0 Å². The molecular formula is C19H31N3O3. The van der Waals surface area contributed by atoms with E-state index < -0.39 is 0 Å².